The molecule has 1 fully saturated rings. The highest BCUT2D eigenvalue weighted by molar-refractivity contribution is 5.35. The predicted octanol–water partition coefficient (Wildman–Crippen LogP) is 3.82. The van der Waals surface area contributed by atoms with Gasteiger partial charge in [0.05, 0.1) is 11.7 Å². The average molecular weight is 288 g/mol. The van der Waals surface area contributed by atoms with Crippen molar-refractivity contribution in [2.75, 3.05) is 7.11 Å². The molecule has 1 saturated carbocycles. The number of hydrogen-bond donors (Lipinski definition) is 1. The second kappa shape index (κ2) is 6.50. The minimum atomic E-state index is -0.389. The van der Waals surface area contributed by atoms with Crippen LogP contribution in [0.4, 0.5) is 0 Å². The third kappa shape index (κ3) is 3.17. The lowest BCUT2D eigenvalue weighted by Crippen LogP contribution is -2.45. The quantitative estimate of drug-likeness (QED) is 0.854. The normalized spacial score (nSPS) is 22.6. The van der Waals surface area contributed by atoms with Gasteiger partial charge in [-0.05, 0) is 48.8 Å². The third-order valence-electron chi connectivity index (χ3n) is 5.56. The molecule has 0 heterocycles. The lowest BCUT2D eigenvalue weighted by molar-refractivity contribution is -0.111. The van der Waals surface area contributed by atoms with E-state index in [0.29, 0.717) is 0 Å². The van der Waals surface area contributed by atoms with Gasteiger partial charge in [0.1, 0.15) is 0 Å². The summed E-state index contributed by atoms with van der Waals surface area (Å²) in [6.07, 6.45) is 10.9. The van der Waals surface area contributed by atoms with Gasteiger partial charge >= 0.3 is 0 Å². The van der Waals surface area contributed by atoms with E-state index in [-0.39, 0.29) is 11.7 Å². The molecule has 2 aliphatic rings. The van der Waals surface area contributed by atoms with E-state index < -0.39 is 0 Å². The van der Waals surface area contributed by atoms with Gasteiger partial charge in [0.2, 0.25) is 0 Å². The maximum absolute atomic E-state index is 10.8. The highest BCUT2D eigenvalue weighted by atomic mass is 16.5. The molecular weight excluding hydrogens is 260 g/mol. The Morgan fingerprint density at radius 3 is 2.48 bits per heavy atom. The van der Waals surface area contributed by atoms with Crippen LogP contribution in [0.25, 0.3) is 0 Å². The first kappa shape index (κ1) is 15.1. The van der Waals surface area contributed by atoms with Crippen molar-refractivity contribution in [3.8, 4) is 0 Å². The summed E-state index contributed by atoms with van der Waals surface area (Å²) in [7, 11) is 1.78. The summed E-state index contributed by atoms with van der Waals surface area (Å²) >= 11 is 0. The highest BCUT2D eigenvalue weighted by Gasteiger charge is 2.38. The molecule has 2 aliphatic carbocycles. The van der Waals surface area contributed by atoms with E-state index in [9.17, 15) is 5.11 Å². The summed E-state index contributed by atoms with van der Waals surface area (Å²) in [6.45, 7) is 0. The van der Waals surface area contributed by atoms with Crippen LogP contribution in [0, 0.1) is 0 Å². The van der Waals surface area contributed by atoms with Crippen molar-refractivity contribution in [2.24, 2.45) is 0 Å². The first-order valence-corrected chi connectivity index (χ1v) is 8.57. The molecule has 0 amide bonds. The summed E-state index contributed by atoms with van der Waals surface area (Å²) in [5.74, 6) is 0. The van der Waals surface area contributed by atoms with Crippen LogP contribution >= 0.6 is 0 Å². The van der Waals surface area contributed by atoms with E-state index in [4.69, 9.17) is 4.74 Å². The number of rotatable bonds is 4. The first-order valence-electron chi connectivity index (χ1n) is 8.57. The Hall–Kier alpha value is -0.860. The van der Waals surface area contributed by atoms with Crippen molar-refractivity contribution < 1.29 is 9.84 Å². The third-order valence-corrected chi connectivity index (χ3v) is 5.56. The zero-order chi connectivity index (χ0) is 14.7. The van der Waals surface area contributed by atoms with Gasteiger partial charge in [0.15, 0.2) is 0 Å². The molecular formula is C19H28O2. The number of aryl methyl sites for hydroxylation is 2. The average Bonchev–Trinajstić information content (AvgIpc) is 2.82. The molecule has 21 heavy (non-hydrogen) atoms. The van der Waals surface area contributed by atoms with Crippen LogP contribution in [0.3, 0.4) is 0 Å². The maximum Gasteiger partial charge on any atom is 0.0939 e. The molecule has 3 rings (SSSR count). The molecule has 2 nitrogen and oxygen atoms in total. The standard InChI is InChI=1S/C19H28O2/c1-21-19(11-4-2-3-5-12-19)18(20)14-15-9-10-16-7-6-8-17(16)13-15/h9-10,13,18,20H,2-8,11-12,14H2,1H3. The Bertz CT molecular complexity index is 472. The van der Waals surface area contributed by atoms with E-state index >= 15 is 0 Å². The van der Waals surface area contributed by atoms with Crippen LogP contribution in [0.2, 0.25) is 0 Å². The summed E-state index contributed by atoms with van der Waals surface area (Å²) in [5.41, 5.74) is 3.94. The van der Waals surface area contributed by atoms with Gasteiger partial charge in [-0.15, -0.1) is 0 Å². The van der Waals surface area contributed by atoms with E-state index in [1.807, 2.05) is 0 Å². The fraction of sp³-hybridized carbons (Fsp3) is 0.684. The number of aliphatic hydroxyl groups is 1. The molecule has 0 bridgehead atoms. The summed E-state index contributed by atoms with van der Waals surface area (Å²) in [4.78, 5) is 0. The Morgan fingerprint density at radius 1 is 1.05 bits per heavy atom. The molecule has 1 atom stereocenters. The molecule has 0 aromatic heterocycles. The number of hydrogen-bond acceptors (Lipinski definition) is 2. The zero-order valence-electron chi connectivity index (χ0n) is 13.2. The highest BCUT2D eigenvalue weighted by Crippen LogP contribution is 2.34. The minimum Gasteiger partial charge on any atom is -0.390 e. The molecule has 0 saturated heterocycles. The topological polar surface area (TPSA) is 29.5 Å². The first-order chi connectivity index (χ1) is 10.2. The second-order valence-corrected chi connectivity index (χ2v) is 6.86. The lowest BCUT2D eigenvalue weighted by atomic mass is 9.84. The fourth-order valence-corrected chi connectivity index (χ4v) is 4.16. The molecule has 0 aliphatic heterocycles. The zero-order valence-corrected chi connectivity index (χ0v) is 13.2. The molecule has 0 spiro atoms. The smallest absolute Gasteiger partial charge is 0.0939 e. The van der Waals surface area contributed by atoms with E-state index in [1.54, 1.807) is 7.11 Å². The van der Waals surface area contributed by atoms with Crippen molar-refractivity contribution in [3.05, 3.63) is 34.9 Å². The number of methoxy groups -OCH3 is 1. The van der Waals surface area contributed by atoms with Gasteiger partial charge in [-0.3, -0.25) is 0 Å². The van der Waals surface area contributed by atoms with Crippen LogP contribution in [0.1, 0.15) is 61.6 Å². The lowest BCUT2D eigenvalue weighted by Gasteiger charge is -2.36. The minimum absolute atomic E-state index is 0.324. The van der Waals surface area contributed by atoms with Crippen molar-refractivity contribution >= 4 is 0 Å². The molecule has 116 valence electrons. The van der Waals surface area contributed by atoms with Gasteiger partial charge in [-0.25, -0.2) is 0 Å². The Balaban J connectivity index is 1.73. The van der Waals surface area contributed by atoms with Gasteiger partial charge in [0, 0.05) is 13.5 Å². The molecule has 0 radical (unpaired) electrons. The molecule has 2 heteroatoms. The van der Waals surface area contributed by atoms with Crippen LogP contribution in [0.15, 0.2) is 18.2 Å². The van der Waals surface area contributed by atoms with Crippen molar-refractivity contribution in [1.29, 1.82) is 0 Å². The van der Waals surface area contributed by atoms with Gasteiger partial charge < -0.3 is 9.84 Å². The van der Waals surface area contributed by atoms with Gasteiger partial charge in [-0.2, -0.15) is 0 Å². The van der Waals surface area contributed by atoms with Crippen molar-refractivity contribution in [1.82, 2.24) is 0 Å². The number of ether oxygens (including phenoxy) is 1. The van der Waals surface area contributed by atoms with Crippen LogP contribution in [-0.4, -0.2) is 23.9 Å². The Labute approximate surface area is 128 Å². The maximum atomic E-state index is 10.8. The fourth-order valence-electron chi connectivity index (χ4n) is 4.16. The van der Waals surface area contributed by atoms with E-state index in [1.165, 1.54) is 61.6 Å². The van der Waals surface area contributed by atoms with Crippen molar-refractivity contribution in [2.45, 2.75) is 75.9 Å². The summed E-state index contributed by atoms with van der Waals surface area (Å²) in [6, 6.07) is 6.77. The monoisotopic (exact) mass is 288 g/mol. The Kier molecular flexibility index (Phi) is 4.66. The largest absolute Gasteiger partial charge is 0.390 e. The van der Waals surface area contributed by atoms with Crippen LogP contribution in [-0.2, 0) is 24.0 Å². The second-order valence-electron chi connectivity index (χ2n) is 6.86. The van der Waals surface area contributed by atoms with Crippen LogP contribution in [0.5, 0.6) is 0 Å². The van der Waals surface area contributed by atoms with Crippen molar-refractivity contribution in [3.63, 3.8) is 0 Å². The van der Waals surface area contributed by atoms with Crippen LogP contribution < -0.4 is 0 Å². The molecule has 1 aromatic rings. The van der Waals surface area contributed by atoms with Gasteiger partial charge in [0.25, 0.3) is 0 Å². The number of fused-ring (bicyclic) bond motifs is 1. The SMILES string of the molecule is COC1(C(O)Cc2ccc3c(c2)CCC3)CCCCCC1. The number of aliphatic hydroxyl groups excluding tert-OH is 1. The van der Waals surface area contributed by atoms with E-state index in [0.717, 1.165) is 19.3 Å². The van der Waals surface area contributed by atoms with E-state index in [2.05, 4.69) is 18.2 Å². The predicted molar refractivity (Wildman–Crippen MR) is 85.6 cm³/mol. The molecule has 1 unspecified atom stereocenters. The van der Waals surface area contributed by atoms with Gasteiger partial charge in [-0.1, -0.05) is 43.9 Å². The number of benzene rings is 1. The molecule has 1 N–H and O–H groups in total. The summed E-state index contributed by atoms with van der Waals surface area (Å²) in [5, 5.41) is 10.8. The molecule has 1 aromatic carbocycles. The Morgan fingerprint density at radius 2 is 1.76 bits per heavy atom. The summed E-state index contributed by atoms with van der Waals surface area (Å²) < 4.78 is 5.84.